The maximum absolute atomic E-state index is 12.1. The number of aryl methyl sites for hydroxylation is 1. The highest BCUT2D eigenvalue weighted by Gasteiger charge is 2.13. The van der Waals surface area contributed by atoms with Crippen LogP contribution in [0.15, 0.2) is 59.6 Å². The molecule has 1 aliphatic rings. The molecule has 0 saturated carbocycles. The fourth-order valence-corrected chi connectivity index (χ4v) is 4.46. The standard InChI is InChI=1S/C24H30N6O3S.3H2/c1-18-17-26-24(29-23(18)27-20-6-5-7-22(16-20)34(31,32)25-2)28-19-8-10-21(11-9-19)33-15-14-30-12-3-4-13-30;;;/h5-11,16-17,25H,3-4,12-15H2,1-2H3,(H2,26,27,28,29);3*1H. The number of nitrogens with zero attached hydrogens (tertiary/aromatic N) is 3. The number of hydrogen-bond donors (Lipinski definition) is 3. The Morgan fingerprint density at radius 2 is 1.82 bits per heavy atom. The normalized spacial score (nSPS) is 14.2. The Hall–Kier alpha value is -3.21. The summed E-state index contributed by atoms with van der Waals surface area (Å²) in [6.07, 6.45) is 4.27. The van der Waals surface area contributed by atoms with Gasteiger partial charge in [-0.15, -0.1) is 0 Å². The van der Waals surface area contributed by atoms with Crippen molar-refractivity contribution >= 4 is 33.2 Å². The second-order valence-corrected chi connectivity index (χ2v) is 10.0. The number of benzene rings is 2. The third-order valence-corrected chi connectivity index (χ3v) is 7.04. The van der Waals surface area contributed by atoms with E-state index < -0.39 is 10.0 Å². The van der Waals surface area contributed by atoms with Crippen LogP contribution < -0.4 is 20.1 Å². The van der Waals surface area contributed by atoms with E-state index in [1.54, 1.807) is 24.4 Å². The molecule has 0 bridgehead atoms. The number of hydrogen-bond acceptors (Lipinski definition) is 8. The minimum Gasteiger partial charge on any atom is -0.492 e. The van der Waals surface area contributed by atoms with Crippen LogP contribution in [0.3, 0.4) is 0 Å². The first-order valence-corrected chi connectivity index (χ1v) is 12.8. The van der Waals surface area contributed by atoms with E-state index in [-0.39, 0.29) is 9.18 Å². The molecular formula is C24H36N6O3S. The fraction of sp³-hybridized carbons (Fsp3) is 0.333. The molecular weight excluding hydrogens is 452 g/mol. The van der Waals surface area contributed by atoms with E-state index in [0.717, 1.165) is 23.5 Å². The summed E-state index contributed by atoms with van der Waals surface area (Å²) in [6.45, 7) is 5.85. The third kappa shape index (κ3) is 6.22. The Morgan fingerprint density at radius 3 is 2.56 bits per heavy atom. The quantitative estimate of drug-likeness (QED) is 0.386. The Labute approximate surface area is 205 Å². The van der Waals surface area contributed by atoms with Gasteiger partial charge in [-0.1, -0.05) is 6.07 Å². The largest absolute Gasteiger partial charge is 0.492 e. The van der Waals surface area contributed by atoms with Crippen LogP contribution >= 0.6 is 0 Å². The average Bonchev–Trinajstić information content (AvgIpc) is 3.36. The molecule has 2 heterocycles. The summed E-state index contributed by atoms with van der Waals surface area (Å²) in [5, 5.41) is 6.38. The van der Waals surface area contributed by atoms with E-state index in [4.69, 9.17) is 4.74 Å². The lowest BCUT2D eigenvalue weighted by Crippen LogP contribution is -2.25. The lowest BCUT2D eigenvalue weighted by atomic mass is 10.3. The van der Waals surface area contributed by atoms with Gasteiger partial charge in [0, 0.05) is 34.0 Å². The van der Waals surface area contributed by atoms with Gasteiger partial charge in [0.15, 0.2) is 0 Å². The van der Waals surface area contributed by atoms with Crippen molar-refractivity contribution in [3.05, 3.63) is 60.3 Å². The second kappa shape index (κ2) is 10.8. The Morgan fingerprint density at radius 1 is 1.06 bits per heavy atom. The number of aromatic nitrogens is 2. The molecule has 1 aliphatic heterocycles. The number of anilines is 4. The summed E-state index contributed by atoms with van der Waals surface area (Å²) < 4.78 is 32.4. The van der Waals surface area contributed by atoms with Crippen LogP contribution in [0, 0.1) is 6.92 Å². The second-order valence-electron chi connectivity index (χ2n) is 8.13. The highest BCUT2D eigenvalue weighted by atomic mass is 32.2. The van der Waals surface area contributed by atoms with Crippen LogP contribution in [0.2, 0.25) is 0 Å². The molecule has 0 amide bonds. The molecule has 9 nitrogen and oxygen atoms in total. The number of ether oxygens (including phenoxy) is 1. The topological polar surface area (TPSA) is 108 Å². The van der Waals surface area contributed by atoms with Gasteiger partial charge in [-0.25, -0.2) is 18.1 Å². The lowest BCUT2D eigenvalue weighted by molar-refractivity contribution is 0.238. The Kier molecular flexibility index (Phi) is 7.61. The zero-order chi connectivity index (χ0) is 24.0. The molecule has 0 radical (unpaired) electrons. The van der Waals surface area contributed by atoms with Gasteiger partial charge in [0.2, 0.25) is 16.0 Å². The van der Waals surface area contributed by atoms with Crippen LogP contribution in [-0.4, -0.2) is 56.6 Å². The van der Waals surface area contributed by atoms with Crippen LogP contribution in [0.1, 0.15) is 22.7 Å². The summed E-state index contributed by atoms with van der Waals surface area (Å²) >= 11 is 0. The zero-order valence-corrected chi connectivity index (χ0v) is 20.2. The number of rotatable bonds is 10. The molecule has 1 saturated heterocycles. The van der Waals surface area contributed by atoms with Crippen molar-refractivity contribution in [2.75, 3.05) is 43.9 Å². The summed E-state index contributed by atoms with van der Waals surface area (Å²) in [7, 11) is -2.15. The van der Waals surface area contributed by atoms with Gasteiger partial charge in [-0.2, -0.15) is 4.98 Å². The molecule has 0 aliphatic carbocycles. The molecule has 0 spiro atoms. The van der Waals surface area contributed by atoms with Gasteiger partial charge >= 0.3 is 0 Å². The molecule has 3 aromatic rings. The van der Waals surface area contributed by atoms with Crippen molar-refractivity contribution in [1.82, 2.24) is 19.6 Å². The van der Waals surface area contributed by atoms with Crippen molar-refractivity contribution in [3.63, 3.8) is 0 Å². The molecule has 0 atom stereocenters. The van der Waals surface area contributed by atoms with Crippen molar-refractivity contribution in [1.29, 1.82) is 0 Å². The summed E-state index contributed by atoms with van der Waals surface area (Å²) in [6, 6.07) is 14.3. The average molecular weight is 489 g/mol. The van der Waals surface area contributed by atoms with E-state index in [9.17, 15) is 8.42 Å². The number of nitrogens with one attached hydrogen (secondary N) is 3. The highest BCUT2D eigenvalue weighted by molar-refractivity contribution is 7.89. The van der Waals surface area contributed by atoms with Crippen LogP contribution in [-0.2, 0) is 10.0 Å². The molecule has 4 rings (SSSR count). The van der Waals surface area contributed by atoms with E-state index >= 15 is 0 Å². The van der Waals surface area contributed by atoms with Gasteiger partial charge in [0.25, 0.3) is 0 Å². The molecule has 0 unspecified atom stereocenters. The zero-order valence-electron chi connectivity index (χ0n) is 19.4. The first-order chi connectivity index (χ1) is 16.4. The predicted molar refractivity (Wildman–Crippen MR) is 140 cm³/mol. The van der Waals surface area contributed by atoms with E-state index in [2.05, 4.69) is 30.2 Å². The molecule has 1 fully saturated rings. The molecule has 10 heteroatoms. The third-order valence-electron chi connectivity index (χ3n) is 5.63. The number of likely N-dealkylation sites (tertiary alicyclic amines) is 1. The monoisotopic (exact) mass is 488 g/mol. The molecule has 186 valence electrons. The van der Waals surface area contributed by atoms with E-state index in [1.165, 1.54) is 39.0 Å². The lowest BCUT2D eigenvalue weighted by Gasteiger charge is -2.15. The summed E-state index contributed by atoms with van der Waals surface area (Å²) in [5.74, 6) is 1.83. The molecule has 1 aromatic heterocycles. The maximum Gasteiger partial charge on any atom is 0.240 e. The van der Waals surface area contributed by atoms with Crippen LogP contribution in [0.5, 0.6) is 5.75 Å². The van der Waals surface area contributed by atoms with Crippen molar-refractivity contribution in [2.45, 2.75) is 24.7 Å². The Balaban J connectivity index is 0.00000228. The minimum atomic E-state index is -3.53. The molecule has 2 aromatic carbocycles. The van der Waals surface area contributed by atoms with Crippen LogP contribution in [0.4, 0.5) is 23.1 Å². The van der Waals surface area contributed by atoms with Gasteiger partial charge in [-0.05, 0) is 82.4 Å². The maximum atomic E-state index is 12.1. The highest BCUT2D eigenvalue weighted by Crippen LogP contribution is 2.24. The summed E-state index contributed by atoms with van der Waals surface area (Å²) in [5.41, 5.74) is 2.28. The van der Waals surface area contributed by atoms with Crippen molar-refractivity contribution in [2.24, 2.45) is 0 Å². The van der Waals surface area contributed by atoms with Crippen molar-refractivity contribution < 1.29 is 17.4 Å². The predicted octanol–water partition coefficient (Wildman–Crippen LogP) is 4.39. The SMILES string of the molecule is CNS(=O)(=O)c1cccc(Nc2nc(Nc3ccc(OCCN4CCCC4)cc3)ncc2C)c1.[HH].[HH].[HH]. The van der Waals surface area contributed by atoms with E-state index in [0.29, 0.717) is 24.1 Å². The smallest absolute Gasteiger partial charge is 0.240 e. The molecule has 34 heavy (non-hydrogen) atoms. The van der Waals surface area contributed by atoms with Gasteiger partial charge in [0.1, 0.15) is 18.2 Å². The Bertz CT molecular complexity index is 1230. The number of sulfonamides is 1. The van der Waals surface area contributed by atoms with Gasteiger partial charge in [0.05, 0.1) is 4.90 Å². The first kappa shape index (κ1) is 23.9. The van der Waals surface area contributed by atoms with E-state index in [1.807, 2.05) is 31.2 Å². The minimum absolute atomic E-state index is 0. The van der Waals surface area contributed by atoms with Gasteiger partial charge in [-0.3, -0.25) is 4.90 Å². The van der Waals surface area contributed by atoms with Crippen molar-refractivity contribution in [3.8, 4) is 5.75 Å². The van der Waals surface area contributed by atoms with Crippen LogP contribution in [0.25, 0.3) is 0 Å². The fourth-order valence-electron chi connectivity index (χ4n) is 3.69. The molecule has 3 N–H and O–H groups in total. The summed E-state index contributed by atoms with van der Waals surface area (Å²) in [4.78, 5) is 11.5. The van der Waals surface area contributed by atoms with Gasteiger partial charge < -0.3 is 15.4 Å². The first-order valence-electron chi connectivity index (χ1n) is 11.3.